The summed E-state index contributed by atoms with van der Waals surface area (Å²) in [5.74, 6) is 1.05. The van der Waals surface area contributed by atoms with Gasteiger partial charge in [-0.15, -0.1) is 0 Å². The van der Waals surface area contributed by atoms with Crippen LogP contribution < -0.4 is 4.74 Å². The fourth-order valence-electron chi connectivity index (χ4n) is 4.32. The fourth-order valence-corrected chi connectivity index (χ4v) is 4.32. The molecule has 2 fully saturated rings. The van der Waals surface area contributed by atoms with Crippen LogP contribution in [0.3, 0.4) is 0 Å². The Balaban J connectivity index is 1.29. The van der Waals surface area contributed by atoms with Crippen molar-refractivity contribution < 1.29 is 14.9 Å². The topological polar surface area (TPSA) is 78.7 Å². The Kier molecular flexibility index (Phi) is 4.31. The molecule has 1 aromatic carbocycles. The van der Waals surface area contributed by atoms with E-state index in [-0.39, 0.29) is 11.8 Å². The van der Waals surface area contributed by atoms with E-state index in [0.717, 1.165) is 32.4 Å². The first-order chi connectivity index (χ1) is 12.1. The Morgan fingerprint density at radius 1 is 1.08 bits per heavy atom. The molecule has 0 amide bonds. The zero-order chi connectivity index (χ0) is 17.3. The summed E-state index contributed by atoms with van der Waals surface area (Å²) in [4.78, 5) is 10.1. The lowest BCUT2D eigenvalue weighted by molar-refractivity contribution is 0.0307. The van der Waals surface area contributed by atoms with Gasteiger partial charge in [-0.1, -0.05) is 30.3 Å². The molecule has 3 atom stereocenters. The Labute approximate surface area is 147 Å². The van der Waals surface area contributed by atoms with Crippen molar-refractivity contribution >= 4 is 0 Å². The molecule has 6 nitrogen and oxygen atoms in total. The maximum absolute atomic E-state index is 11.0. The molecule has 25 heavy (non-hydrogen) atoms. The molecule has 2 aliphatic rings. The predicted octanol–water partition coefficient (Wildman–Crippen LogP) is 1.83. The van der Waals surface area contributed by atoms with Crippen molar-refractivity contribution in [1.82, 2.24) is 14.9 Å². The zero-order valence-electron chi connectivity index (χ0n) is 14.1. The highest BCUT2D eigenvalue weighted by Crippen LogP contribution is 2.45. The van der Waals surface area contributed by atoms with Gasteiger partial charge in [0.15, 0.2) is 5.75 Å². The van der Waals surface area contributed by atoms with E-state index >= 15 is 0 Å². The third kappa shape index (κ3) is 3.75. The van der Waals surface area contributed by atoms with Gasteiger partial charge in [0, 0.05) is 19.5 Å². The van der Waals surface area contributed by atoms with E-state index in [9.17, 15) is 10.2 Å². The SMILES string of the molecule is Oc1cnc(OCN2C[C@@H]3C[C@@](O)(Cc4ccccc4)C[C@@H]3C2)nc1. The number of hydrogen-bond donors (Lipinski definition) is 2. The molecule has 0 radical (unpaired) electrons. The van der Waals surface area contributed by atoms with Gasteiger partial charge in [0.1, 0.15) is 6.73 Å². The van der Waals surface area contributed by atoms with E-state index in [1.54, 1.807) is 0 Å². The third-order valence-corrected chi connectivity index (χ3v) is 5.30. The van der Waals surface area contributed by atoms with E-state index in [0.29, 0.717) is 18.6 Å². The minimum atomic E-state index is -0.580. The minimum absolute atomic E-state index is 0.0285. The Hall–Kier alpha value is -2.18. The molecule has 4 rings (SSSR count). The van der Waals surface area contributed by atoms with Gasteiger partial charge in [-0.3, -0.25) is 4.90 Å². The molecule has 2 heterocycles. The monoisotopic (exact) mass is 341 g/mol. The molecule has 1 aromatic heterocycles. The molecule has 6 heteroatoms. The smallest absolute Gasteiger partial charge is 0.317 e. The normalized spacial score (nSPS) is 28.8. The summed E-state index contributed by atoms with van der Waals surface area (Å²) in [5.41, 5.74) is 0.624. The molecular formula is C19H23N3O3. The van der Waals surface area contributed by atoms with Crippen molar-refractivity contribution in [2.24, 2.45) is 11.8 Å². The van der Waals surface area contributed by atoms with Crippen LogP contribution in [0.15, 0.2) is 42.7 Å². The van der Waals surface area contributed by atoms with Gasteiger partial charge in [-0.25, -0.2) is 0 Å². The summed E-state index contributed by atoms with van der Waals surface area (Å²) in [6.07, 6.45) is 5.08. The Morgan fingerprint density at radius 2 is 1.72 bits per heavy atom. The van der Waals surface area contributed by atoms with Gasteiger partial charge in [0.25, 0.3) is 0 Å². The quantitative estimate of drug-likeness (QED) is 0.864. The molecule has 0 unspecified atom stereocenters. The number of hydrogen-bond acceptors (Lipinski definition) is 6. The number of rotatable bonds is 5. The second-order valence-corrected chi connectivity index (χ2v) is 7.35. The summed E-state index contributed by atoms with van der Waals surface area (Å²) >= 11 is 0. The molecule has 1 aliphatic carbocycles. The fraction of sp³-hybridized carbons (Fsp3) is 0.474. The molecule has 1 saturated carbocycles. The van der Waals surface area contributed by atoms with Crippen molar-refractivity contribution in [3.05, 3.63) is 48.3 Å². The van der Waals surface area contributed by atoms with Crippen LogP contribution in [0.2, 0.25) is 0 Å². The lowest BCUT2D eigenvalue weighted by Crippen LogP contribution is -2.33. The van der Waals surface area contributed by atoms with Gasteiger partial charge in [0.2, 0.25) is 0 Å². The van der Waals surface area contributed by atoms with E-state index in [4.69, 9.17) is 4.74 Å². The maximum atomic E-state index is 11.0. The Morgan fingerprint density at radius 3 is 2.36 bits per heavy atom. The predicted molar refractivity (Wildman–Crippen MR) is 92.1 cm³/mol. The van der Waals surface area contributed by atoms with Crippen molar-refractivity contribution in [1.29, 1.82) is 0 Å². The highest BCUT2D eigenvalue weighted by molar-refractivity contribution is 5.18. The first-order valence-electron chi connectivity index (χ1n) is 8.72. The second kappa shape index (κ2) is 6.61. The summed E-state index contributed by atoms with van der Waals surface area (Å²) < 4.78 is 5.59. The van der Waals surface area contributed by atoms with Gasteiger partial charge in [-0.05, 0) is 30.2 Å². The van der Waals surface area contributed by atoms with Crippen molar-refractivity contribution in [3.8, 4) is 11.8 Å². The lowest BCUT2D eigenvalue weighted by atomic mass is 9.91. The van der Waals surface area contributed by atoms with Crippen LogP contribution in [0.4, 0.5) is 0 Å². The third-order valence-electron chi connectivity index (χ3n) is 5.30. The molecule has 1 aliphatic heterocycles. The molecule has 132 valence electrons. The number of ether oxygens (including phenoxy) is 1. The molecule has 0 spiro atoms. The standard InChI is InChI=1S/C19H23N3O3/c23-17-9-20-18(21-10-17)25-13-22-11-15-7-19(24,8-16(15)12-22)6-14-4-2-1-3-5-14/h1-5,9-10,15-16,23-24H,6-8,11-13H2/t15-,16+,19-. The largest absolute Gasteiger partial charge is 0.505 e. The van der Waals surface area contributed by atoms with Gasteiger partial charge < -0.3 is 14.9 Å². The number of benzene rings is 1. The van der Waals surface area contributed by atoms with Crippen LogP contribution in [0.1, 0.15) is 18.4 Å². The molecule has 0 bridgehead atoms. The maximum Gasteiger partial charge on any atom is 0.317 e. The summed E-state index contributed by atoms with van der Waals surface area (Å²) in [6.45, 7) is 2.30. The van der Waals surface area contributed by atoms with Crippen LogP contribution in [-0.2, 0) is 6.42 Å². The number of fused-ring (bicyclic) bond motifs is 1. The van der Waals surface area contributed by atoms with Gasteiger partial charge in [-0.2, -0.15) is 9.97 Å². The summed E-state index contributed by atoms with van der Waals surface area (Å²) in [5, 5.41) is 20.2. The van der Waals surface area contributed by atoms with Crippen LogP contribution >= 0.6 is 0 Å². The van der Waals surface area contributed by atoms with E-state index in [1.807, 2.05) is 18.2 Å². The van der Waals surface area contributed by atoms with Crippen LogP contribution in [0.25, 0.3) is 0 Å². The van der Waals surface area contributed by atoms with E-state index in [2.05, 4.69) is 27.0 Å². The summed E-state index contributed by atoms with van der Waals surface area (Å²) in [7, 11) is 0. The first kappa shape index (κ1) is 16.3. The molecular weight excluding hydrogens is 318 g/mol. The molecule has 2 N–H and O–H groups in total. The lowest BCUT2D eigenvalue weighted by Gasteiger charge is -2.26. The van der Waals surface area contributed by atoms with E-state index in [1.165, 1.54) is 18.0 Å². The van der Waals surface area contributed by atoms with Crippen LogP contribution in [0, 0.1) is 11.8 Å². The van der Waals surface area contributed by atoms with Crippen LogP contribution in [0.5, 0.6) is 11.8 Å². The first-order valence-corrected chi connectivity index (χ1v) is 8.72. The number of aromatic hydroxyl groups is 1. The average molecular weight is 341 g/mol. The van der Waals surface area contributed by atoms with Gasteiger partial charge in [0.05, 0.1) is 18.0 Å². The highest BCUT2D eigenvalue weighted by atomic mass is 16.5. The van der Waals surface area contributed by atoms with Crippen molar-refractivity contribution in [2.45, 2.75) is 24.9 Å². The molecule has 2 aromatic rings. The average Bonchev–Trinajstić information content (AvgIpc) is 3.09. The van der Waals surface area contributed by atoms with Crippen LogP contribution in [-0.4, -0.2) is 50.5 Å². The number of aromatic nitrogens is 2. The minimum Gasteiger partial charge on any atom is -0.505 e. The highest BCUT2D eigenvalue weighted by Gasteiger charge is 2.48. The number of aliphatic hydroxyl groups is 1. The van der Waals surface area contributed by atoms with Gasteiger partial charge >= 0.3 is 6.01 Å². The zero-order valence-corrected chi connectivity index (χ0v) is 14.1. The number of nitrogens with zero attached hydrogens (tertiary/aromatic N) is 3. The number of likely N-dealkylation sites (tertiary alicyclic amines) is 1. The second-order valence-electron chi connectivity index (χ2n) is 7.35. The van der Waals surface area contributed by atoms with E-state index < -0.39 is 5.60 Å². The Bertz CT molecular complexity index is 694. The molecule has 1 saturated heterocycles. The summed E-state index contributed by atoms with van der Waals surface area (Å²) in [6, 6.07) is 10.5. The van der Waals surface area contributed by atoms with Crippen molar-refractivity contribution in [3.63, 3.8) is 0 Å². The van der Waals surface area contributed by atoms with Crippen molar-refractivity contribution in [2.75, 3.05) is 19.8 Å².